The Labute approximate surface area is 121 Å². The van der Waals surface area contributed by atoms with Crippen LogP contribution in [0.2, 0.25) is 0 Å². The lowest BCUT2D eigenvalue weighted by molar-refractivity contribution is 0.819. The average Bonchev–Trinajstić information content (AvgIpc) is 2.46. The monoisotopic (exact) mass is 320 g/mol. The van der Waals surface area contributed by atoms with Gasteiger partial charge in [-0.15, -0.1) is 5.10 Å². The largest absolute Gasteiger partial charge is 0.349 e. The molecule has 1 N–H and O–H groups in total. The zero-order chi connectivity index (χ0) is 13.7. The molecule has 19 heavy (non-hydrogen) atoms. The lowest BCUT2D eigenvalue weighted by Gasteiger charge is -2.08. The van der Waals surface area contributed by atoms with E-state index in [1.807, 2.05) is 12.1 Å². The standard InChI is InChI=1S/C14H17BrN4/c1-3-12-13(4-2)18-19-14(17-12)16-9-10-5-7-11(15)8-6-10/h5-8H,3-4,9H2,1-2H3,(H,16,17,19). The van der Waals surface area contributed by atoms with E-state index in [0.29, 0.717) is 12.5 Å². The van der Waals surface area contributed by atoms with Gasteiger partial charge in [-0.2, -0.15) is 5.10 Å². The van der Waals surface area contributed by atoms with Crippen molar-refractivity contribution in [1.82, 2.24) is 15.2 Å². The summed E-state index contributed by atoms with van der Waals surface area (Å²) in [7, 11) is 0. The second kappa shape index (κ2) is 6.61. The van der Waals surface area contributed by atoms with Gasteiger partial charge in [-0.25, -0.2) is 4.98 Å². The lowest BCUT2D eigenvalue weighted by Crippen LogP contribution is -2.09. The fourth-order valence-electron chi connectivity index (χ4n) is 1.80. The van der Waals surface area contributed by atoms with Crippen LogP contribution < -0.4 is 5.32 Å². The maximum Gasteiger partial charge on any atom is 0.243 e. The van der Waals surface area contributed by atoms with Crippen molar-refractivity contribution in [2.45, 2.75) is 33.2 Å². The Kier molecular flexibility index (Phi) is 4.85. The van der Waals surface area contributed by atoms with Crippen LogP contribution >= 0.6 is 15.9 Å². The minimum absolute atomic E-state index is 0.594. The molecule has 0 aliphatic heterocycles. The molecule has 0 bridgehead atoms. The van der Waals surface area contributed by atoms with Crippen molar-refractivity contribution in [2.75, 3.05) is 5.32 Å². The van der Waals surface area contributed by atoms with Crippen LogP contribution in [0.25, 0.3) is 0 Å². The van der Waals surface area contributed by atoms with E-state index in [0.717, 1.165) is 28.7 Å². The van der Waals surface area contributed by atoms with Crippen LogP contribution in [0.1, 0.15) is 30.8 Å². The highest BCUT2D eigenvalue weighted by Gasteiger charge is 2.05. The van der Waals surface area contributed by atoms with Crippen molar-refractivity contribution >= 4 is 21.9 Å². The SMILES string of the molecule is CCc1nnc(NCc2ccc(Br)cc2)nc1CC. The number of nitrogens with zero attached hydrogens (tertiary/aromatic N) is 3. The third kappa shape index (κ3) is 3.73. The number of hydrogen-bond donors (Lipinski definition) is 1. The zero-order valence-electron chi connectivity index (χ0n) is 11.2. The van der Waals surface area contributed by atoms with E-state index in [-0.39, 0.29) is 0 Å². The molecular weight excluding hydrogens is 304 g/mol. The number of halogens is 1. The average molecular weight is 321 g/mol. The molecule has 0 amide bonds. The molecule has 0 atom stereocenters. The van der Waals surface area contributed by atoms with E-state index < -0.39 is 0 Å². The molecule has 0 aliphatic carbocycles. The second-order valence-corrected chi connectivity index (χ2v) is 5.13. The van der Waals surface area contributed by atoms with E-state index >= 15 is 0 Å². The highest BCUT2D eigenvalue weighted by atomic mass is 79.9. The molecule has 0 saturated carbocycles. The Bertz CT molecular complexity index is 540. The minimum atomic E-state index is 0.594. The van der Waals surface area contributed by atoms with Gasteiger partial charge in [0, 0.05) is 11.0 Å². The van der Waals surface area contributed by atoms with E-state index in [4.69, 9.17) is 0 Å². The van der Waals surface area contributed by atoms with Crippen LogP contribution in [-0.4, -0.2) is 15.2 Å². The Hall–Kier alpha value is -1.49. The molecule has 0 saturated heterocycles. The molecule has 1 aromatic carbocycles. The summed E-state index contributed by atoms with van der Waals surface area (Å²) in [6, 6.07) is 8.17. The molecule has 2 aromatic rings. The minimum Gasteiger partial charge on any atom is -0.349 e. The van der Waals surface area contributed by atoms with Gasteiger partial charge in [0.1, 0.15) is 0 Å². The van der Waals surface area contributed by atoms with Crippen molar-refractivity contribution in [1.29, 1.82) is 0 Å². The second-order valence-electron chi connectivity index (χ2n) is 4.22. The van der Waals surface area contributed by atoms with E-state index in [1.165, 1.54) is 5.56 Å². The van der Waals surface area contributed by atoms with Gasteiger partial charge in [-0.1, -0.05) is 41.9 Å². The van der Waals surface area contributed by atoms with E-state index in [1.54, 1.807) is 0 Å². The van der Waals surface area contributed by atoms with Gasteiger partial charge in [0.15, 0.2) is 0 Å². The Morgan fingerprint density at radius 2 is 1.68 bits per heavy atom. The molecule has 0 radical (unpaired) electrons. The molecule has 0 aliphatic rings. The summed E-state index contributed by atoms with van der Waals surface area (Å²) in [5, 5.41) is 11.5. The summed E-state index contributed by atoms with van der Waals surface area (Å²) in [6.45, 7) is 4.85. The maximum absolute atomic E-state index is 4.50. The van der Waals surface area contributed by atoms with Crippen molar-refractivity contribution in [2.24, 2.45) is 0 Å². The first kappa shape index (κ1) is 13.9. The normalized spacial score (nSPS) is 10.5. The van der Waals surface area contributed by atoms with E-state index in [9.17, 15) is 0 Å². The van der Waals surface area contributed by atoms with Gasteiger partial charge >= 0.3 is 0 Å². The fraction of sp³-hybridized carbons (Fsp3) is 0.357. The molecule has 100 valence electrons. The molecule has 1 aromatic heterocycles. The summed E-state index contributed by atoms with van der Waals surface area (Å²) in [6.07, 6.45) is 1.75. The molecule has 1 heterocycles. The van der Waals surface area contributed by atoms with Gasteiger partial charge in [0.25, 0.3) is 0 Å². The fourth-order valence-corrected chi connectivity index (χ4v) is 2.06. The van der Waals surface area contributed by atoms with Crippen molar-refractivity contribution in [3.63, 3.8) is 0 Å². The lowest BCUT2D eigenvalue weighted by atomic mass is 10.2. The molecule has 4 nitrogen and oxygen atoms in total. The molecular formula is C14H17BrN4. The van der Waals surface area contributed by atoms with E-state index in [2.05, 4.69) is 62.4 Å². The third-order valence-corrected chi connectivity index (χ3v) is 3.40. The van der Waals surface area contributed by atoms with Crippen LogP contribution in [0.3, 0.4) is 0 Å². The van der Waals surface area contributed by atoms with Gasteiger partial charge in [-0.05, 0) is 30.5 Å². The van der Waals surface area contributed by atoms with Crippen LogP contribution in [-0.2, 0) is 19.4 Å². The highest BCUT2D eigenvalue weighted by molar-refractivity contribution is 9.10. The number of rotatable bonds is 5. The van der Waals surface area contributed by atoms with Gasteiger partial charge in [-0.3, -0.25) is 0 Å². The van der Waals surface area contributed by atoms with Crippen LogP contribution in [0.5, 0.6) is 0 Å². The molecule has 0 unspecified atom stereocenters. The van der Waals surface area contributed by atoms with Crippen molar-refractivity contribution in [3.8, 4) is 0 Å². The summed E-state index contributed by atoms with van der Waals surface area (Å²) < 4.78 is 1.08. The van der Waals surface area contributed by atoms with Crippen LogP contribution in [0.4, 0.5) is 5.95 Å². The Morgan fingerprint density at radius 1 is 1.00 bits per heavy atom. The predicted molar refractivity (Wildman–Crippen MR) is 80.1 cm³/mol. The number of nitrogens with one attached hydrogen (secondary N) is 1. The number of aromatic nitrogens is 3. The summed E-state index contributed by atoms with van der Waals surface area (Å²) >= 11 is 3.42. The van der Waals surface area contributed by atoms with Gasteiger partial charge in [0.05, 0.1) is 11.4 Å². The van der Waals surface area contributed by atoms with Crippen LogP contribution in [0.15, 0.2) is 28.7 Å². The topological polar surface area (TPSA) is 50.7 Å². The molecule has 0 spiro atoms. The Morgan fingerprint density at radius 3 is 2.32 bits per heavy atom. The number of aryl methyl sites for hydroxylation is 2. The van der Waals surface area contributed by atoms with Crippen LogP contribution in [0, 0.1) is 0 Å². The molecule has 0 fully saturated rings. The first-order valence-electron chi connectivity index (χ1n) is 6.43. The summed E-state index contributed by atoms with van der Waals surface area (Å²) in [4.78, 5) is 4.50. The quantitative estimate of drug-likeness (QED) is 0.917. The van der Waals surface area contributed by atoms with Crippen molar-refractivity contribution in [3.05, 3.63) is 45.7 Å². The first-order valence-corrected chi connectivity index (χ1v) is 7.23. The molecule has 2 rings (SSSR count). The smallest absolute Gasteiger partial charge is 0.243 e. The molecule has 5 heteroatoms. The first-order chi connectivity index (χ1) is 9.22. The third-order valence-electron chi connectivity index (χ3n) is 2.87. The number of benzene rings is 1. The van der Waals surface area contributed by atoms with Crippen molar-refractivity contribution < 1.29 is 0 Å². The highest BCUT2D eigenvalue weighted by Crippen LogP contribution is 2.12. The van der Waals surface area contributed by atoms with Gasteiger partial charge < -0.3 is 5.32 Å². The number of hydrogen-bond acceptors (Lipinski definition) is 4. The predicted octanol–water partition coefficient (Wildman–Crippen LogP) is 3.37. The maximum atomic E-state index is 4.50. The zero-order valence-corrected chi connectivity index (χ0v) is 12.7. The van der Waals surface area contributed by atoms with Gasteiger partial charge in [0.2, 0.25) is 5.95 Å². The summed E-state index contributed by atoms with van der Waals surface area (Å²) in [5.41, 5.74) is 3.19. The number of anilines is 1. The summed E-state index contributed by atoms with van der Waals surface area (Å²) in [5.74, 6) is 0.594. The Balaban J connectivity index is 2.05.